The molecule has 6 nitrogen and oxygen atoms in total. The van der Waals surface area contributed by atoms with Crippen molar-refractivity contribution in [2.45, 2.75) is 20.0 Å². The minimum atomic E-state index is -0.305. The van der Waals surface area contributed by atoms with Gasteiger partial charge in [0.1, 0.15) is 23.6 Å². The zero-order chi connectivity index (χ0) is 18.4. The Bertz CT molecular complexity index is 864. The van der Waals surface area contributed by atoms with Crippen LogP contribution in [0.2, 0.25) is 0 Å². The molecule has 3 aromatic rings. The molecule has 0 atom stereocenters. The van der Waals surface area contributed by atoms with Gasteiger partial charge in [0.15, 0.2) is 0 Å². The number of amides is 1. The molecule has 1 aromatic heterocycles. The van der Waals surface area contributed by atoms with E-state index in [1.807, 2.05) is 56.3 Å². The van der Waals surface area contributed by atoms with Crippen LogP contribution in [0.3, 0.4) is 0 Å². The second-order valence-corrected chi connectivity index (χ2v) is 5.92. The van der Waals surface area contributed by atoms with E-state index in [0.29, 0.717) is 11.5 Å². The lowest BCUT2D eigenvalue weighted by Gasteiger charge is -2.11. The first-order chi connectivity index (χ1) is 12.6. The summed E-state index contributed by atoms with van der Waals surface area (Å²) in [5.41, 5.74) is 1.83. The minimum Gasteiger partial charge on any atom is -0.491 e. The van der Waals surface area contributed by atoms with Gasteiger partial charge in [0.25, 0.3) is 5.91 Å². The number of anilines is 3. The third-order valence-corrected chi connectivity index (χ3v) is 3.43. The smallest absolute Gasteiger partial charge is 0.274 e. The Morgan fingerprint density at radius 3 is 2.38 bits per heavy atom. The van der Waals surface area contributed by atoms with Gasteiger partial charge in [-0.25, -0.2) is 9.97 Å². The lowest BCUT2D eigenvalue weighted by Crippen LogP contribution is -2.14. The van der Waals surface area contributed by atoms with Crippen LogP contribution < -0.4 is 15.4 Å². The van der Waals surface area contributed by atoms with Crippen molar-refractivity contribution in [3.63, 3.8) is 0 Å². The van der Waals surface area contributed by atoms with Crippen molar-refractivity contribution >= 4 is 23.1 Å². The number of rotatable bonds is 6. The first-order valence-corrected chi connectivity index (χ1v) is 8.32. The molecular formula is C20H20N4O2. The Labute approximate surface area is 152 Å². The molecule has 6 heteroatoms. The summed E-state index contributed by atoms with van der Waals surface area (Å²) in [5.74, 6) is 1.01. The van der Waals surface area contributed by atoms with Gasteiger partial charge >= 0.3 is 0 Å². The summed E-state index contributed by atoms with van der Waals surface area (Å²) in [5, 5.41) is 5.96. The number of hydrogen-bond acceptors (Lipinski definition) is 5. The zero-order valence-corrected chi connectivity index (χ0v) is 14.6. The molecule has 0 aliphatic rings. The number of aromatic nitrogens is 2. The maximum absolute atomic E-state index is 12.4. The van der Waals surface area contributed by atoms with Gasteiger partial charge in [0, 0.05) is 17.4 Å². The summed E-state index contributed by atoms with van der Waals surface area (Å²) in [4.78, 5) is 20.6. The Morgan fingerprint density at radius 2 is 1.69 bits per heavy atom. The van der Waals surface area contributed by atoms with E-state index in [9.17, 15) is 4.79 Å². The van der Waals surface area contributed by atoms with Crippen molar-refractivity contribution in [2.24, 2.45) is 0 Å². The SMILES string of the molecule is CC(C)Oc1ccc(NC(=O)c2cc(Nc3ccccc3)ncn2)cc1. The van der Waals surface area contributed by atoms with Crippen LogP contribution in [-0.4, -0.2) is 22.0 Å². The Hall–Kier alpha value is -3.41. The van der Waals surface area contributed by atoms with E-state index in [1.54, 1.807) is 18.2 Å². The van der Waals surface area contributed by atoms with Crippen LogP contribution >= 0.6 is 0 Å². The standard InChI is InChI=1S/C20H20N4O2/c1-14(2)26-17-10-8-16(9-11-17)24-20(25)18-12-19(22-13-21-18)23-15-6-4-3-5-7-15/h3-14H,1-2H3,(H,24,25)(H,21,22,23). The zero-order valence-electron chi connectivity index (χ0n) is 14.6. The van der Waals surface area contributed by atoms with Gasteiger partial charge in [-0.15, -0.1) is 0 Å². The van der Waals surface area contributed by atoms with E-state index in [1.165, 1.54) is 6.33 Å². The molecule has 1 heterocycles. The third-order valence-electron chi connectivity index (χ3n) is 3.43. The molecule has 0 aliphatic heterocycles. The number of nitrogens with zero attached hydrogens (tertiary/aromatic N) is 2. The van der Waals surface area contributed by atoms with Crippen molar-refractivity contribution in [1.29, 1.82) is 0 Å². The Kier molecular flexibility index (Phi) is 5.43. The fourth-order valence-corrected chi connectivity index (χ4v) is 2.30. The maximum Gasteiger partial charge on any atom is 0.274 e. The average molecular weight is 348 g/mol. The summed E-state index contributed by atoms with van der Waals surface area (Å²) in [6.07, 6.45) is 1.46. The lowest BCUT2D eigenvalue weighted by molar-refractivity contribution is 0.102. The molecule has 0 bridgehead atoms. The second kappa shape index (κ2) is 8.11. The van der Waals surface area contributed by atoms with Crippen LogP contribution in [0.1, 0.15) is 24.3 Å². The van der Waals surface area contributed by atoms with Gasteiger partial charge < -0.3 is 15.4 Å². The number of carbonyl (C=O) groups excluding carboxylic acids is 1. The van der Waals surface area contributed by atoms with Crippen LogP contribution in [0.4, 0.5) is 17.2 Å². The quantitative estimate of drug-likeness (QED) is 0.696. The van der Waals surface area contributed by atoms with Crippen molar-refractivity contribution in [3.8, 4) is 5.75 Å². The molecule has 0 unspecified atom stereocenters. The molecule has 0 saturated carbocycles. The maximum atomic E-state index is 12.4. The first-order valence-electron chi connectivity index (χ1n) is 8.32. The molecule has 26 heavy (non-hydrogen) atoms. The molecular weight excluding hydrogens is 328 g/mol. The minimum absolute atomic E-state index is 0.104. The Balaban J connectivity index is 1.67. The third kappa shape index (κ3) is 4.80. The van der Waals surface area contributed by atoms with E-state index >= 15 is 0 Å². The van der Waals surface area contributed by atoms with E-state index in [0.717, 1.165) is 11.4 Å². The monoisotopic (exact) mass is 348 g/mol. The summed E-state index contributed by atoms with van der Waals surface area (Å²) in [6, 6.07) is 18.4. The molecule has 2 aromatic carbocycles. The number of ether oxygens (including phenoxy) is 1. The predicted molar refractivity (Wildman–Crippen MR) is 102 cm³/mol. The van der Waals surface area contributed by atoms with Crippen molar-refractivity contribution in [2.75, 3.05) is 10.6 Å². The predicted octanol–water partition coefficient (Wildman–Crippen LogP) is 4.26. The normalized spacial score (nSPS) is 10.4. The topological polar surface area (TPSA) is 76.1 Å². The van der Waals surface area contributed by atoms with Gasteiger partial charge in [-0.05, 0) is 50.2 Å². The van der Waals surface area contributed by atoms with Crippen molar-refractivity contribution < 1.29 is 9.53 Å². The van der Waals surface area contributed by atoms with Crippen molar-refractivity contribution in [3.05, 3.63) is 72.7 Å². The molecule has 0 fully saturated rings. The highest BCUT2D eigenvalue weighted by atomic mass is 16.5. The lowest BCUT2D eigenvalue weighted by atomic mass is 10.2. The number of nitrogens with one attached hydrogen (secondary N) is 2. The number of para-hydroxylation sites is 1. The summed E-state index contributed by atoms with van der Waals surface area (Å²) >= 11 is 0. The van der Waals surface area contributed by atoms with Crippen molar-refractivity contribution in [1.82, 2.24) is 9.97 Å². The number of carbonyl (C=O) groups is 1. The number of hydrogen-bond donors (Lipinski definition) is 2. The summed E-state index contributed by atoms with van der Waals surface area (Å²) in [7, 11) is 0. The largest absolute Gasteiger partial charge is 0.491 e. The fourth-order valence-electron chi connectivity index (χ4n) is 2.30. The van der Waals surface area contributed by atoms with E-state index in [4.69, 9.17) is 4.74 Å². The number of benzene rings is 2. The van der Waals surface area contributed by atoms with E-state index in [2.05, 4.69) is 20.6 Å². The molecule has 0 saturated heterocycles. The van der Waals surface area contributed by atoms with Gasteiger partial charge in [-0.2, -0.15) is 0 Å². The van der Waals surface area contributed by atoms with Crippen LogP contribution in [0.5, 0.6) is 5.75 Å². The molecule has 0 aliphatic carbocycles. The van der Waals surface area contributed by atoms with Gasteiger partial charge in [0.2, 0.25) is 0 Å². The molecule has 1 amide bonds. The second-order valence-electron chi connectivity index (χ2n) is 5.92. The molecule has 132 valence electrons. The highest BCUT2D eigenvalue weighted by Gasteiger charge is 2.10. The highest BCUT2D eigenvalue weighted by molar-refractivity contribution is 6.03. The average Bonchev–Trinajstić information content (AvgIpc) is 2.64. The van der Waals surface area contributed by atoms with E-state index in [-0.39, 0.29) is 17.7 Å². The fraction of sp³-hybridized carbons (Fsp3) is 0.150. The van der Waals surface area contributed by atoms with Gasteiger partial charge in [0.05, 0.1) is 6.10 Å². The van der Waals surface area contributed by atoms with Crippen LogP contribution in [-0.2, 0) is 0 Å². The van der Waals surface area contributed by atoms with E-state index < -0.39 is 0 Å². The van der Waals surface area contributed by atoms with Crippen LogP contribution in [0.15, 0.2) is 67.0 Å². The van der Waals surface area contributed by atoms with Gasteiger partial charge in [-0.3, -0.25) is 4.79 Å². The first kappa shape index (κ1) is 17.4. The Morgan fingerprint density at radius 1 is 0.962 bits per heavy atom. The molecule has 0 spiro atoms. The molecule has 2 N–H and O–H groups in total. The van der Waals surface area contributed by atoms with Crippen LogP contribution in [0.25, 0.3) is 0 Å². The van der Waals surface area contributed by atoms with Gasteiger partial charge in [-0.1, -0.05) is 18.2 Å². The summed E-state index contributed by atoms with van der Waals surface area (Å²) in [6.45, 7) is 3.93. The molecule has 3 rings (SSSR count). The highest BCUT2D eigenvalue weighted by Crippen LogP contribution is 2.18. The molecule has 0 radical (unpaired) electrons. The summed E-state index contributed by atoms with van der Waals surface area (Å²) < 4.78 is 5.59. The van der Waals surface area contributed by atoms with Crippen LogP contribution in [0, 0.1) is 0 Å².